The van der Waals surface area contributed by atoms with Crippen molar-refractivity contribution < 1.29 is 51.9 Å². The van der Waals surface area contributed by atoms with Gasteiger partial charge in [-0.3, -0.25) is 19.3 Å². The summed E-state index contributed by atoms with van der Waals surface area (Å²) in [5.74, 6) is -4.95. The van der Waals surface area contributed by atoms with Crippen molar-refractivity contribution in [3.8, 4) is 0 Å². The molecule has 3 amide bonds. The summed E-state index contributed by atoms with van der Waals surface area (Å²) >= 11 is 1.37. The monoisotopic (exact) mass is 557 g/mol. The van der Waals surface area contributed by atoms with Gasteiger partial charge < -0.3 is 31.4 Å². The highest BCUT2D eigenvalue weighted by atomic mass is 32.2. The van der Waals surface area contributed by atoms with Gasteiger partial charge in [0.15, 0.2) is 12.4 Å². The first-order valence-corrected chi connectivity index (χ1v) is 12.0. The molecular weight excluding hydrogens is 535 g/mol. The predicted molar refractivity (Wildman–Crippen MR) is 121 cm³/mol. The fraction of sp³-hybridized carbons (Fsp3) is 0.364. The Labute approximate surface area is 217 Å². The SMILES string of the molecule is NC(=O)C[n+]1ccc(CN2CCC(=CC3=C(C(=O)[O-])N4C(=O)[C@@H](N)[C@H]4SC3)C2=O)cc1.O=C(O)C(F)(F)F. The van der Waals surface area contributed by atoms with Crippen LogP contribution in [0, 0.1) is 0 Å². The molecule has 5 N–H and O–H groups in total. The summed E-state index contributed by atoms with van der Waals surface area (Å²) in [5, 5.41) is 18.4. The van der Waals surface area contributed by atoms with Crippen LogP contribution in [0.2, 0.25) is 0 Å². The zero-order valence-corrected chi connectivity index (χ0v) is 20.3. The molecular formula is C22H22F3N5O7S. The lowest BCUT2D eigenvalue weighted by Gasteiger charge is -2.49. The lowest BCUT2D eigenvalue weighted by atomic mass is 10.0. The van der Waals surface area contributed by atoms with E-state index in [9.17, 15) is 37.5 Å². The van der Waals surface area contributed by atoms with E-state index in [-0.39, 0.29) is 18.1 Å². The number of allylic oxidation sites excluding steroid dienone is 1. The summed E-state index contributed by atoms with van der Waals surface area (Å²) < 4.78 is 33.4. The van der Waals surface area contributed by atoms with Crippen LogP contribution < -0.4 is 21.1 Å². The van der Waals surface area contributed by atoms with E-state index in [1.807, 2.05) is 12.1 Å². The molecule has 3 aliphatic heterocycles. The molecule has 12 nitrogen and oxygen atoms in total. The summed E-state index contributed by atoms with van der Waals surface area (Å²) in [6.07, 6.45) is 0.399. The highest BCUT2D eigenvalue weighted by Gasteiger charge is 2.50. The molecule has 4 rings (SSSR count). The number of hydrogen-bond acceptors (Lipinski definition) is 8. The summed E-state index contributed by atoms with van der Waals surface area (Å²) in [6.45, 7) is 0.962. The maximum atomic E-state index is 12.8. The number of amides is 3. The number of nitrogens with zero attached hydrogens (tertiary/aromatic N) is 3. The predicted octanol–water partition coefficient (Wildman–Crippen LogP) is -2.00. The van der Waals surface area contributed by atoms with Crippen LogP contribution in [-0.2, 0) is 37.1 Å². The molecule has 0 radical (unpaired) electrons. The third kappa shape index (κ3) is 6.31. The topological polar surface area (TPSA) is 191 Å². The minimum atomic E-state index is -5.08. The molecule has 2 fully saturated rings. The Morgan fingerprint density at radius 1 is 1.24 bits per heavy atom. The number of primary amides is 1. The Bertz CT molecular complexity index is 1230. The molecule has 0 aromatic carbocycles. The lowest BCUT2D eigenvalue weighted by Crippen LogP contribution is -2.69. The molecule has 204 valence electrons. The molecule has 1 aromatic rings. The second kappa shape index (κ2) is 11.2. The first-order valence-electron chi connectivity index (χ1n) is 10.9. The number of alkyl halides is 3. The van der Waals surface area contributed by atoms with Crippen molar-refractivity contribution in [2.45, 2.75) is 37.1 Å². The van der Waals surface area contributed by atoms with Gasteiger partial charge in [-0.05, 0) is 23.6 Å². The van der Waals surface area contributed by atoms with E-state index in [4.69, 9.17) is 21.4 Å². The first kappa shape index (κ1) is 28.6. The molecule has 1 aromatic heterocycles. The molecule has 0 bridgehead atoms. The maximum Gasteiger partial charge on any atom is 0.490 e. The van der Waals surface area contributed by atoms with Gasteiger partial charge in [0.25, 0.3) is 5.91 Å². The Morgan fingerprint density at radius 3 is 2.37 bits per heavy atom. The zero-order valence-electron chi connectivity index (χ0n) is 19.5. The number of nitrogens with two attached hydrogens (primary N) is 2. The van der Waals surface area contributed by atoms with Crippen LogP contribution in [0.15, 0.2) is 47.4 Å². The number of fused-ring (bicyclic) bond motifs is 1. The van der Waals surface area contributed by atoms with Gasteiger partial charge in [-0.2, -0.15) is 17.7 Å². The molecule has 2 atom stereocenters. The average Bonchev–Trinajstić information content (AvgIpc) is 3.17. The Kier molecular flexibility index (Phi) is 8.46. The number of hydrogen-bond donors (Lipinski definition) is 3. The molecule has 4 heterocycles. The van der Waals surface area contributed by atoms with Crippen LogP contribution in [0.4, 0.5) is 13.2 Å². The van der Waals surface area contributed by atoms with Crippen molar-refractivity contribution in [1.29, 1.82) is 0 Å². The van der Waals surface area contributed by atoms with Gasteiger partial charge in [-0.15, -0.1) is 11.8 Å². The fourth-order valence-electron chi connectivity index (χ4n) is 3.90. The Balaban J connectivity index is 0.000000505. The molecule has 0 spiro atoms. The van der Waals surface area contributed by atoms with Crippen molar-refractivity contribution >= 4 is 41.4 Å². The maximum absolute atomic E-state index is 12.8. The van der Waals surface area contributed by atoms with Crippen molar-refractivity contribution in [2.75, 3.05) is 12.3 Å². The van der Waals surface area contributed by atoms with Gasteiger partial charge >= 0.3 is 12.1 Å². The largest absolute Gasteiger partial charge is 0.543 e. The van der Waals surface area contributed by atoms with Gasteiger partial charge in [-0.1, -0.05) is 0 Å². The number of β-lactam (4-membered cyclic amide) rings is 1. The fourth-order valence-corrected chi connectivity index (χ4v) is 5.15. The lowest BCUT2D eigenvalue weighted by molar-refractivity contribution is -0.684. The number of carboxylic acid groups (broad SMARTS) is 2. The van der Waals surface area contributed by atoms with Crippen molar-refractivity contribution in [1.82, 2.24) is 9.80 Å². The second-order valence-electron chi connectivity index (χ2n) is 8.39. The molecule has 3 aliphatic rings. The molecule has 38 heavy (non-hydrogen) atoms. The van der Waals surface area contributed by atoms with E-state index in [2.05, 4.69) is 0 Å². The van der Waals surface area contributed by atoms with Gasteiger partial charge in [-0.25, -0.2) is 4.79 Å². The highest BCUT2D eigenvalue weighted by molar-refractivity contribution is 8.00. The normalized spacial score (nSPS) is 22.1. The van der Waals surface area contributed by atoms with Crippen LogP contribution >= 0.6 is 11.8 Å². The van der Waals surface area contributed by atoms with Crippen molar-refractivity contribution in [2.24, 2.45) is 11.5 Å². The van der Waals surface area contributed by atoms with Crippen LogP contribution in [0.5, 0.6) is 0 Å². The number of carbonyl (C=O) groups excluding carboxylic acids is 4. The third-order valence-electron chi connectivity index (χ3n) is 5.71. The Morgan fingerprint density at radius 2 is 1.84 bits per heavy atom. The summed E-state index contributed by atoms with van der Waals surface area (Å²) in [5.41, 5.74) is 12.5. The number of thioether (sulfide) groups is 1. The molecule has 16 heteroatoms. The second-order valence-corrected chi connectivity index (χ2v) is 9.50. The molecule has 2 saturated heterocycles. The summed E-state index contributed by atoms with van der Waals surface area (Å²) in [4.78, 5) is 59.3. The van der Waals surface area contributed by atoms with Crippen LogP contribution in [0.1, 0.15) is 12.0 Å². The minimum absolute atomic E-state index is 0.0784. The number of pyridine rings is 1. The number of rotatable bonds is 6. The zero-order chi connectivity index (χ0) is 28.4. The summed E-state index contributed by atoms with van der Waals surface area (Å²) in [6, 6.07) is 2.90. The number of halogens is 3. The van der Waals surface area contributed by atoms with E-state index < -0.39 is 41.3 Å². The summed E-state index contributed by atoms with van der Waals surface area (Å²) in [7, 11) is 0. The highest BCUT2D eigenvalue weighted by Crippen LogP contribution is 2.40. The standard InChI is InChI=1S/C20H21N5O5S.C2HF3O2/c21-14(26)9-23-4-1-11(2-5-23)8-24-6-3-12(17(24)27)7-13-10-31-19-15(22)18(28)25(19)16(13)20(29)30;3-2(4,5)1(6)7/h1-2,4-5,7,15,19H,3,6,8-10,22H2,(H2-,21,26,29,30);(H,6,7)/t15-,19-;/m1./s1. The van der Waals surface area contributed by atoms with Crippen molar-refractivity contribution in [3.63, 3.8) is 0 Å². The van der Waals surface area contributed by atoms with Gasteiger partial charge in [0, 0.05) is 36.5 Å². The number of carbonyl (C=O) groups is 5. The first-order chi connectivity index (χ1) is 17.7. The van der Waals surface area contributed by atoms with E-state index >= 15 is 0 Å². The van der Waals surface area contributed by atoms with Gasteiger partial charge in [0.1, 0.15) is 11.4 Å². The van der Waals surface area contributed by atoms with E-state index in [0.717, 1.165) is 10.5 Å². The van der Waals surface area contributed by atoms with E-state index in [1.165, 1.54) is 11.8 Å². The Hall–Kier alpha value is -3.92. The van der Waals surface area contributed by atoms with Crippen LogP contribution in [0.3, 0.4) is 0 Å². The van der Waals surface area contributed by atoms with E-state index in [1.54, 1.807) is 27.9 Å². The van der Waals surface area contributed by atoms with Crippen molar-refractivity contribution in [3.05, 3.63) is 53.0 Å². The number of aromatic nitrogens is 1. The smallest absolute Gasteiger partial charge is 0.490 e. The third-order valence-corrected chi connectivity index (χ3v) is 7.03. The number of carboxylic acids is 2. The minimum Gasteiger partial charge on any atom is -0.543 e. The van der Waals surface area contributed by atoms with Gasteiger partial charge in [0.05, 0.1) is 11.7 Å². The van der Waals surface area contributed by atoms with Crippen LogP contribution in [0.25, 0.3) is 0 Å². The van der Waals surface area contributed by atoms with Gasteiger partial charge in [0.2, 0.25) is 18.4 Å². The van der Waals surface area contributed by atoms with Crippen LogP contribution in [-0.4, -0.2) is 74.5 Å². The number of likely N-dealkylation sites (tertiary alicyclic amines) is 1. The molecule has 0 aliphatic carbocycles. The molecule has 0 unspecified atom stereocenters. The molecule has 0 saturated carbocycles. The number of aliphatic carboxylic acids is 2. The average molecular weight is 558 g/mol. The van der Waals surface area contributed by atoms with E-state index in [0.29, 0.717) is 36.4 Å². The quantitative estimate of drug-likeness (QED) is 0.202.